The molecule has 1 heterocycles. The molecule has 1 unspecified atom stereocenters. The van der Waals surface area contributed by atoms with Crippen LogP contribution in [0.25, 0.3) is 10.8 Å². The standard InChI is InChI=1S/C19H23N3/c1-21-12-10-16(11-13-21)22(2)19(14-20)18-9-5-7-15-6-3-4-8-17(15)18/h3-9,16,19H,10-13H2,1-2H3. The molecule has 0 saturated carbocycles. The summed E-state index contributed by atoms with van der Waals surface area (Å²) in [6.07, 6.45) is 2.27. The van der Waals surface area contributed by atoms with Gasteiger partial charge < -0.3 is 4.90 Å². The van der Waals surface area contributed by atoms with Crippen molar-refractivity contribution in [2.45, 2.75) is 24.9 Å². The van der Waals surface area contributed by atoms with E-state index in [0.717, 1.165) is 31.5 Å². The summed E-state index contributed by atoms with van der Waals surface area (Å²) in [6.45, 7) is 2.23. The van der Waals surface area contributed by atoms with Crippen LogP contribution in [0.4, 0.5) is 0 Å². The quantitative estimate of drug-likeness (QED) is 0.868. The van der Waals surface area contributed by atoms with Gasteiger partial charge in [-0.05, 0) is 56.4 Å². The Hall–Kier alpha value is -1.89. The van der Waals surface area contributed by atoms with Gasteiger partial charge in [0.2, 0.25) is 0 Å². The molecule has 3 rings (SSSR count). The minimum Gasteiger partial charge on any atom is -0.306 e. The average Bonchev–Trinajstić information content (AvgIpc) is 2.56. The molecule has 0 bridgehead atoms. The van der Waals surface area contributed by atoms with Gasteiger partial charge in [0.15, 0.2) is 0 Å². The lowest BCUT2D eigenvalue weighted by Gasteiger charge is -2.37. The van der Waals surface area contributed by atoms with Crippen LogP contribution >= 0.6 is 0 Å². The fourth-order valence-corrected chi connectivity index (χ4v) is 3.48. The molecule has 2 aromatic rings. The molecule has 2 aromatic carbocycles. The highest BCUT2D eigenvalue weighted by Crippen LogP contribution is 2.30. The number of fused-ring (bicyclic) bond motifs is 1. The van der Waals surface area contributed by atoms with E-state index in [4.69, 9.17) is 0 Å². The number of hydrogen-bond acceptors (Lipinski definition) is 3. The highest BCUT2D eigenvalue weighted by atomic mass is 15.2. The van der Waals surface area contributed by atoms with Crippen molar-refractivity contribution in [3.63, 3.8) is 0 Å². The van der Waals surface area contributed by atoms with E-state index in [0.29, 0.717) is 6.04 Å². The molecule has 3 nitrogen and oxygen atoms in total. The molecule has 0 aromatic heterocycles. The first kappa shape index (κ1) is 15.0. The predicted octanol–water partition coefficient (Wildman–Crippen LogP) is 3.43. The Bertz CT molecular complexity index is 675. The topological polar surface area (TPSA) is 30.3 Å². The van der Waals surface area contributed by atoms with E-state index in [2.05, 4.69) is 66.4 Å². The van der Waals surface area contributed by atoms with Gasteiger partial charge in [-0.1, -0.05) is 42.5 Å². The van der Waals surface area contributed by atoms with Crippen LogP contribution in [0.5, 0.6) is 0 Å². The minimum atomic E-state index is -0.181. The molecule has 0 radical (unpaired) electrons. The Morgan fingerprint density at radius 1 is 1.14 bits per heavy atom. The smallest absolute Gasteiger partial charge is 0.124 e. The summed E-state index contributed by atoms with van der Waals surface area (Å²) in [5.41, 5.74) is 1.13. The number of hydrogen-bond donors (Lipinski definition) is 0. The van der Waals surface area contributed by atoms with Crippen molar-refractivity contribution in [3.05, 3.63) is 48.0 Å². The molecule has 0 N–H and O–H groups in total. The highest BCUT2D eigenvalue weighted by Gasteiger charge is 2.27. The average molecular weight is 293 g/mol. The first-order valence-electron chi connectivity index (χ1n) is 7.98. The van der Waals surface area contributed by atoms with Crippen LogP contribution in [-0.2, 0) is 0 Å². The van der Waals surface area contributed by atoms with Gasteiger partial charge in [-0.15, -0.1) is 0 Å². The van der Waals surface area contributed by atoms with Crippen molar-refractivity contribution in [3.8, 4) is 6.07 Å². The maximum atomic E-state index is 9.79. The zero-order chi connectivity index (χ0) is 15.5. The van der Waals surface area contributed by atoms with Gasteiger partial charge in [-0.2, -0.15) is 5.26 Å². The van der Waals surface area contributed by atoms with Crippen molar-refractivity contribution in [2.24, 2.45) is 0 Å². The Kier molecular flexibility index (Phi) is 4.42. The van der Waals surface area contributed by atoms with Gasteiger partial charge in [0.1, 0.15) is 6.04 Å². The maximum Gasteiger partial charge on any atom is 0.124 e. The lowest BCUT2D eigenvalue weighted by Crippen LogP contribution is -2.43. The van der Waals surface area contributed by atoms with Crippen molar-refractivity contribution in [1.29, 1.82) is 5.26 Å². The summed E-state index contributed by atoms with van der Waals surface area (Å²) in [7, 11) is 4.27. The second kappa shape index (κ2) is 6.48. The lowest BCUT2D eigenvalue weighted by molar-refractivity contribution is 0.126. The van der Waals surface area contributed by atoms with Crippen molar-refractivity contribution in [2.75, 3.05) is 27.2 Å². The summed E-state index contributed by atoms with van der Waals surface area (Å²) >= 11 is 0. The van der Waals surface area contributed by atoms with Gasteiger partial charge in [0.05, 0.1) is 6.07 Å². The third-order valence-corrected chi connectivity index (χ3v) is 4.91. The largest absolute Gasteiger partial charge is 0.306 e. The van der Waals surface area contributed by atoms with Crippen molar-refractivity contribution >= 4 is 10.8 Å². The van der Waals surface area contributed by atoms with E-state index >= 15 is 0 Å². The molecule has 1 aliphatic rings. The van der Waals surface area contributed by atoms with Gasteiger partial charge in [-0.25, -0.2) is 0 Å². The third-order valence-electron chi connectivity index (χ3n) is 4.91. The molecular weight excluding hydrogens is 270 g/mol. The molecule has 1 aliphatic heterocycles. The van der Waals surface area contributed by atoms with Crippen LogP contribution in [0.1, 0.15) is 24.4 Å². The Morgan fingerprint density at radius 2 is 1.82 bits per heavy atom. The molecule has 114 valence electrons. The summed E-state index contributed by atoms with van der Waals surface area (Å²) in [5.74, 6) is 0. The second-order valence-corrected chi connectivity index (χ2v) is 6.30. The van der Waals surface area contributed by atoms with Crippen molar-refractivity contribution in [1.82, 2.24) is 9.80 Å². The summed E-state index contributed by atoms with van der Waals surface area (Å²) in [4.78, 5) is 4.64. The molecule has 0 aliphatic carbocycles. The summed E-state index contributed by atoms with van der Waals surface area (Å²) in [6, 6.07) is 17.4. The number of rotatable bonds is 3. The normalized spacial score (nSPS) is 18.5. The van der Waals surface area contributed by atoms with Crippen LogP contribution in [-0.4, -0.2) is 43.0 Å². The molecule has 0 amide bonds. The fourth-order valence-electron chi connectivity index (χ4n) is 3.48. The first-order chi connectivity index (χ1) is 10.7. The van der Waals surface area contributed by atoms with Crippen LogP contribution in [0.3, 0.4) is 0 Å². The Balaban J connectivity index is 1.91. The zero-order valence-electron chi connectivity index (χ0n) is 13.4. The van der Waals surface area contributed by atoms with E-state index in [-0.39, 0.29) is 6.04 Å². The van der Waals surface area contributed by atoms with E-state index in [9.17, 15) is 5.26 Å². The van der Waals surface area contributed by atoms with Gasteiger partial charge in [-0.3, -0.25) is 4.90 Å². The zero-order valence-corrected chi connectivity index (χ0v) is 13.4. The predicted molar refractivity (Wildman–Crippen MR) is 90.6 cm³/mol. The monoisotopic (exact) mass is 293 g/mol. The number of benzene rings is 2. The molecule has 22 heavy (non-hydrogen) atoms. The van der Waals surface area contributed by atoms with E-state index in [1.54, 1.807) is 0 Å². The maximum absolute atomic E-state index is 9.79. The minimum absolute atomic E-state index is 0.181. The van der Waals surface area contributed by atoms with E-state index in [1.807, 2.05) is 6.07 Å². The number of likely N-dealkylation sites (tertiary alicyclic amines) is 1. The van der Waals surface area contributed by atoms with E-state index in [1.165, 1.54) is 10.8 Å². The van der Waals surface area contributed by atoms with E-state index < -0.39 is 0 Å². The van der Waals surface area contributed by atoms with Gasteiger partial charge >= 0.3 is 0 Å². The number of piperidine rings is 1. The van der Waals surface area contributed by atoms with Crippen molar-refractivity contribution < 1.29 is 0 Å². The lowest BCUT2D eigenvalue weighted by atomic mass is 9.95. The first-order valence-corrected chi connectivity index (χ1v) is 7.98. The Morgan fingerprint density at radius 3 is 2.55 bits per heavy atom. The van der Waals surface area contributed by atoms with Gasteiger partial charge in [0, 0.05) is 6.04 Å². The molecule has 3 heteroatoms. The van der Waals surface area contributed by atoms with Crippen LogP contribution < -0.4 is 0 Å². The Labute approximate surface area is 132 Å². The van der Waals surface area contributed by atoms with Gasteiger partial charge in [0.25, 0.3) is 0 Å². The molecular formula is C19H23N3. The summed E-state index contributed by atoms with van der Waals surface area (Å²) < 4.78 is 0. The molecule has 1 saturated heterocycles. The third kappa shape index (κ3) is 2.85. The highest BCUT2D eigenvalue weighted by molar-refractivity contribution is 5.86. The summed E-state index contributed by atoms with van der Waals surface area (Å²) in [5, 5.41) is 12.2. The second-order valence-electron chi connectivity index (χ2n) is 6.30. The van der Waals surface area contributed by atoms with Crippen LogP contribution in [0.15, 0.2) is 42.5 Å². The number of nitriles is 1. The molecule has 1 fully saturated rings. The van der Waals surface area contributed by atoms with Crippen LogP contribution in [0.2, 0.25) is 0 Å². The SMILES string of the molecule is CN1CCC(N(C)C(C#N)c2cccc3ccccc23)CC1. The molecule has 1 atom stereocenters. The number of nitrogens with zero attached hydrogens (tertiary/aromatic N) is 3. The molecule has 0 spiro atoms. The van der Waals surface area contributed by atoms with Crippen LogP contribution in [0, 0.1) is 11.3 Å². The fraction of sp³-hybridized carbons (Fsp3) is 0.421.